The Kier molecular flexibility index (Phi) is 6.76. The van der Waals surface area contributed by atoms with Crippen LogP contribution in [0.15, 0.2) is 192 Å². The van der Waals surface area contributed by atoms with Gasteiger partial charge in [-0.15, -0.1) is 11.3 Å². The van der Waals surface area contributed by atoms with Crippen LogP contribution in [0.4, 0.5) is 17.1 Å². The quantitative estimate of drug-likeness (QED) is 0.167. The van der Waals surface area contributed by atoms with E-state index >= 15 is 0 Å². The number of thiophene rings is 1. The first-order chi connectivity index (χ1) is 26.3. The number of anilines is 3. The van der Waals surface area contributed by atoms with Crippen molar-refractivity contribution < 1.29 is 4.42 Å². The Labute approximate surface area is 310 Å². The molecule has 0 spiro atoms. The minimum absolute atomic E-state index is 0.869. The van der Waals surface area contributed by atoms with E-state index in [0.29, 0.717) is 0 Å². The summed E-state index contributed by atoms with van der Waals surface area (Å²) in [6.07, 6.45) is 0. The predicted octanol–water partition coefficient (Wildman–Crippen LogP) is 15.1. The maximum Gasteiger partial charge on any atom is 0.137 e. The number of hydrogen-bond acceptors (Lipinski definition) is 3. The van der Waals surface area contributed by atoms with Crippen LogP contribution in [0.5, 0.6) is 0 Å². The highest BCUT2D eigenvalue weighted by molar-refractivity contribution is 7.25. The zero-order valence-corrected chi connectivity index (χ0v) is 29.5. The van der Waals surface area contributed by atoms with Crippen molar-refractivity contribution in [3.63, 3.8) is 0 Å². The van der Waals surface area contributed by atoms with Crippen LogP contribution in [0.25, 0.3) is 85.9 Å². The van der Waals surface area contributed by atoms with Crippen LogP contribution in [0.2, 0.25) is 0 Å². The molecule has 0 bridgehead atoms. The van der Waals surface area contributed by atoms with Crippen molar-refractivity contribution in [3.8, 4) is 22.3 Å². The molecule has 2 nitrogen and oxygen atoms in total. The number of benzene rings is 9. The van der Waals surface area contributed by atoms with E-state index in [1.165, 1.54) is 64.0 Å². The molecule has 0 saturated heterocycles. The van der Waals surface area contributed by atoms with Gasteiger partial charge in [0, 0.05) is 36.8 Å². The second-order valence-electron chi connectivity index (χ2n) is 13.6. The number of nitrogens with zero attached hydrogens (tertiary/aromatic N) is 1. The fourth-order valence-corrected chi connectivity index (χ4v) is 9.48. The highest BCUT2D eigenvalue weighted by Gasteiger charge is 2.23. The Morgan fingerprint density at radius 3 is 1.94 bits per heavy atom. The van der Waals surface area contributed by atoms with Crippen molar-refractivity contribution in [3.05, 3.63) is 188 Å². The molecule has 9 aromatic carbocycles. The SMILES string of the molecule is c1cc(-c2cc3ccccc3c3ccccc23)cc(N(c2ccccc2-c2cccc3sc4ccccc4c23)c2cccc3oc4ccccc4c23)c1. The molecule has 11 aromatic rings. The smallest absolute Gasteiger partial charge is 0.137 e. The molecule has 53 heavy (non-hydrogen) atoms. The van der Waals surface area contributed by atoms with Crippen LogP contribution in [-0.4, -0.2) is 0 Å². The molecule has 0 N–H and O–H groups in total. The molecule has 0 aliphatic heterocycles. The second-order valence-corrected chi connectivity index (χ2v) is 14.7. The van der Waals surface area contributed by atoms with Gasteiger partial charge in [-0.05, 0) is 92.8 Å². The van der Waals surface area contributed by atoms with Gasteiger partial charge in [-0.2, -0.15) is 0 Å². The molecule has 2 aromatic heterocycles. The molecule has 248 valence electrons. The average molecular weight is 694 g/mol. The Bertz CT molecular complexity index is 3200. The number of furan rings is 1. The fourth-order valence-electron chi connectivity index (χ4n) is 8.35. The molecule has 0 amide bonds. The molecule has 2 heterocycles. The summed E-state index contributed by atoms with van der Waals surface area (Å²) >= 11 is 1.86. The molecule has 3 heteroatoms. The Morgan fingerprint density at radius 2 is 1.02 bits per heavy atom. The maximum atomic E-state index is 6.48. The van der Waals surface area contributed by atoms with Crippen molar-refractivity contribution in [1.82, 2.24) is 0 Å². The van der Waals surface area contributed by atoms with Crippen molar-refractivity contribution >= 4 is 92.1 Å². The Morgan fingerprint density at radius 1 is 0.377 bits per heavy atom. The van der Waals surface area contributed by atoms with Crippen molar-refractivity contribution in [2.45, 2.75) is 0 Å². The fraction of sp³-hybridized carbons (Fsp3) is 0. The number of fused-ring (bicyclic) bond motifs is 9. The first kappa shape index (κ1) is 30.0. The third kappa shape index (κ3) is 4.71. The monoisotopic (exact) mass is 693 g/mol. The summed E-state index contributed by atoms with van der Waals surface area (Å²) in [7, 11) is 0. The molecular formula is C50H31NOS. The summed E-state index contributed by atoms with van der Waals surface area (Å²) in [4.78, 5) is 2.44. The Hall–Kier alpha value is -6.68. The highest BCUT2D eigenvalue weighted by atomic mass is 32.1. The molecule has 0 unspecified atom stereocenters. The lowest BCUT2D eigenvalue weighted by atomic mass is 9.93. The molecule has 0 fully saturated rings. The lowest BCUT2D eigenvalue weighted by Gasteiger charge is -2.29. The van der Waals surface area contributed by atoms with Gasteiger partial charge in [0.2, 0.25) is 0 Å². The zero-order valence-electron chi connectivity index (χ0n) is 28.7. The van der Waals surface area contributed by atoms with Gasteiger partial charge in [-0.25, -0.2) is 0 Å². The summed E-state index contributed by atoms with van der Waals surface area (Å²) in [6.45, 7) is 0. The second kappa shape index (κ2) is 11.9. The largest absolute Gasteiger partial charge is 0.456 e. The van der Waals surface area contributed by atoms with Crippen LogP contribution in [0.1, 0.15) is 0 Å². The molecular weight excluding hydrogens is 663 g/mol. The summed E-state index contributed by atoms with van der Waals surface area (Å²) in [5.41, 5.74) is 9.79. The van der Waals surface area contributed by atoms with Gasteiger partial charge in [0.25, 0.3) is 0 Å². The normalized spacial score (nSPS) is 11.8. The summed E-state index contributed by atoms with van der Waals surface area (Å²) in [5.74, 6) is 0. The number of para-hydroxylation sites is 2. The molecule has 11 rings (SSSR count). The van der Waals surface area contributed by atoms with E-state index < -0.39 is 0 Å². The molecule has 0 aliphatic rings. The third-order valence-electron chi connectivity index (χ3n) is 10.6. The minimum atomic E-state index is 0.869. The average Bonchev–Trinajstić information content (AvgIpc) is 3.80. The van der Waals surface area contributed by atoms with Gasteiger partial charge >= 0.3 is 0 Å². The summed E-state index contributed by atoms with van der Waals surface area (Å²) < 4.78 is 9.07. The summed E-state index contributed by atoms with van der Waals surface area (Å²) in [5, 5.41) is 9.79. The van der Waals surface area contributed by atoms with Crippen LogP contribution < -0.4 is 4.90 Å². The molecule has 0 atom stereocenters. The first-order valence-corrected chi connectivity index (χ1v) is 18.8. The molecule has 0 radical (unpaired) electrons. The van der Waals surface area contributed by atoms with E-state index in [1.807, 2.05) is 17.4 Å². The van der Waals surface area contributed by atoms with Gasteiger partial charge in [0.05, 0.1) is 16.8 Å². The lowest BCUT2D eigenvalue weighted by molar-refractivity contribution is 0.669. The van der Waals surface area contributed by atoms with Crippen molar-refractivity contribution in [2.75, 3.05) is 4.90 Å². The van der Waals surface area contributed by atoms with Crippen LogP contribution in [-0.2, 0) is 0 Å². The van der Waals surface area contributed by atoms with E-state index in [2.05, 4.69) is 187 Å². The van der Waals surface area contributed by atoms with E-state index in [-0.39, 0.29) is 0 Å². The van der Waals surface area contributed by atoms with E-state index in [1.54, 1.807) is 0 Å². The van der Waals surface area contributed by atoms with Gasteiger partial charge < -0.3 is 9.32 Å². The van der Waals surface area contributed by atoms with Gasteiger partial charge in [0.15, 0.2) is 0 Å². The van der Waals surface area contributed by atoms with E-state index in [0.717, 1.165) is 39.0 Å². The highest BCUT2D eigenvalue weighted by Crippen LogP contribution is 2.49. The van der Waals surface area contributed by atoms with Crippen LogP contribution in [0.3, 0.4) is 0 Å². The molecule has 0 saturated carbocycles. The maximum absolute atomic E-state index is 6.48. The van der Waals surface area contributed by atoms with Crippen molar-refractivity contribution in [2.24, 2.45) is 0 Å². The van der Waals surface area contributed by atoms with Crippen LogP contribution in [0, 0.1) is 0 Å². The molecule has 0 aliphatic carbocycles. The van der Waals surface area contributed by atoms with Gasteiger partial charge in [-0.3, -0.25) is 0 Å². The summed E-state index contributed by atoms with van der Waals surface area (Å²) in [6, 6.07) is 68.0. The minimum Gasteiger partial charge on any atom is -0.456 e. The zero-order chi connectivity index (χ0) is 34.9. The van der Waals surface area contributed by atoms with Gasteiger partial charge in [-0.1, -0.05) is 133 Å². The predicted molar refractivity (Wildman–Crippen MR) is 227 cm³/mol. The van der Waals surface area contributed by atoms with Crippen LogP contribution >= 0.6 is 11.3 Å². The topological polar surface area (TPSA) is 16.4 Å². The van der Waals surface area contributed by atoms with Gasteiger partial charge in [0.1, 0.15) is 11.2 Å². The van der Waals surface area contributed by atoms with E-state index in [4.69, 9.17) is 4.42 Å². The lowest BCUT2D eigenvalue weighted by Crippen LogP contribution is -2.11. The van der Waals surface area contributed by atoms with E-state index in [9.17, 15) is 0 Å². The number of hydrogen-bond donors (Lipinski definition) is 0. The van der Waals surface area contributed by atoms with Crippen molar-refractivity contribution in [1.29, 1.82) is 0 Å². The Balaban J connectivity index is 1.21. The first-order valence-electron chi connectivity index (χ1n) is 18.0. The third-order valence-corrected chi connectivity index (χ3v) is 11.8. The standard InChI is InChI=1S/C50H31NOS/c1-2-17-35-33(14-1)31-42(37-19-4-3-18-36(35)37)32-15-11-16-34(30-32)51(44-25-13-27-46-50(44)40-21-6-9-26-45(40)52-46)43-24-8-5-20-38(43)39-23-12-29-48-49(39)41-22-7-10-28-47(41)53-48/h1-31H. The number of rotatable bonds is 5.